The largest absolute Gasteiger partial charge is 0.0955 e. The molecule has 0 heterocycles. The van der Waals surface area contributed by atoms with Gasteiger partial charge in [-0.3, -0.25) is 0 Å². The first-order valence-electron chi connectivity index (χ1n) is 8.40. The van der Waals surface area contributed by atoms with E-state index >= 15 is 0 Å². The summed E-state index contributed by atoms with van der Waals surface area (Å²) in [6, 6.07) is 0. The SMILES string of the molecule is C=C(C)C(/C=C(CC(C)C)/C(C)=C/CC(C)CC)=C(C)C. The van der Waals surface area contributed by atoms with E-state index in [0.29, 0.717) is 5.92 Å². The summed E-state index contributed by atoms with van der Waals surface area (Å²) in [5, 5.41) is 0. The van der Waals surface area contributed by atoms with Crippen molar-refractivity contribution >= 4 is 0 Å². The Bertz CT molecular complexity index is 423. The molecular weight excluding hydrogens is 252 g/mol. The monoisotopic (exact) mass is 288 g/mol. The number of hydrogen-bond acceptors (Lipinski definition) is 0. The molecule has 0 aliphatic carbocycles. The van der Waals surface area contributed by atoms with Gasteiger partial charge in [0, 0.05) is 0 Å². The lowest BCUT2D eigenvalue weighted by Gasteiger charge is -2.15. The number of allylic oxidation sites excluding steroid dienone is 7. The first kappa shape index (κ1) is 20.0. The van der Waals surface area contributed by atoms with Crippen molar-refractivity contribution in [2.75, 3.05) is 0 Å². The summed E-state index contributed by atoms with van der Waals surface area (Å²) in [4.78, 5) is 0. The molecule has 0 aliphatic heterocycles. The predicted octanol–water partition coefficient (Wildman–Crippen LogP) is 7.25. The highest BCUT2D eigenvalue weighted by molar-refractivity contribution is 5.46. The molecule has 0 heteroatoms. The van der Waals surface area contributed by atoms with Gasteiger partial charge in [0.25, 0.3) is 0 Å². The first-order chi connectivity index (χ1) is 9.68. The van der Waals surface area contributed by atoms with Crippen LogP contribution in [0.5, 0.6) is 0 Å². The first-order valence-corrected chi connectivity index (χ1v) is 8.40. The lowest BCUT2D eigenvalue weighted by atomic mass is 9.91. The average Bonchev–Trinajstić information content (AvgIpc) is 2.38. The Morgan fingerprint density at radius 2 is 1.62 bits per heavy atom. The van der Waals surface area contributed by atoms with Crippen LogP contribution in [-0.2, 0) is 0 Å². The fourth-order valence-corrected chi connectivity index (χ4v) is 2.32. The predicted molar refractivity (Wildman–Crippen MR) is 98.6 cm³/mol. The van der Waals surface area contributed by atoms with Crippen LogP contribution in [0.4, 0.5) is 0 Å². The van der Waals surface area contributed by atoms with Crippen LogP contribution in [0.25, 0.3) is 0 Å². The van der Waals surface area contributed by atoms with E-state index in [2.05, 4.69) is 74.1 Å². The van der Waals surface area contributed by atoms with Crippen molar-refractivity contribution in [1.82, 2.24) is 0 Å². The molecule has 0 fully saturated rings. The van der Waals surface area contributed by atoms with E-state index in [1.165, 1.54) is 35.1 Å². The Kier molecular flexibility index (Phi) is 9.33. The maximum atomic E-state index is 4.13. The van der Waals surface area contributed by atoms with Crippen LogP contribution in [-0.4, -0.2) is 0 Å². The lowest BCUT2D eigenvalue weighted by molar-refractivity contribution is 0.569. The Morgan fingerprint density at radius 3 is 2.00 bits per heavy atom. The Labute approximate surface area is 133 Å². The Balaban J connectivity index is 5.47. The maximum Gasteiger partial charge on any atom is -0.0244 e. The van der Waals surface area contributed by atoms with Crippen molar-refractivity contribution in [2.24, 2.45) is 11.8 Å². The molecule has 0 saturated heterocycles. The van der Waals surface area contributed by atoms with Crippen molar-refractivity contribution in [3.8, 4) is 0 Å². The van der Waals surface area contributed by atoms with Gasteiger partial charge < -0.3 is 0 Å². The summed E-state index contributed by atoms with van der Waals surface area (Å²) in [7, 11) is 0. The van der Waals surface area contributed by atoms with E-state index < -0.39 is 0 Å². The van der Waals surface area contributed by atoms with Crippen LogP contribution >= 0.6 is 0 Å². The third-order valence-electron chi connectivity index (χ3n) is 3.98. The molecule has 21 heavy (non-hydrogen) atoms. The van der Waals surface area contributed by atoms with Gasteiger partial charge in [-0.15, -0.1) is 0 Å². The van der Waals surface area contributed by atoms with E-state index in [1.807, 2.05) is 0 Å². The molecule has 0 nitrogen and oxygen atoms in total. The zero-order valence-corrected chi connectivity index (χ0v) is 15.6. The fourth-order valence-electron chi connectivity index (χ4n) is 2.32. The Morgan fingerprint density at radius 1 is 1.05 bits per heavy atom. The molecule has 0 radical (unpaired) electrons. The lowest BCUT2D eigenvalue weighted by Crippen LogP contribution is -1.97. The van der Waals surface area contributed by atoms with E-state index in [-0.39, 0.29) is 0 Å². The van der Waals surface area contributed by atoms with Crippen molar-refractivity contribution < 1.29 is 0 Å². The highest BCUT2D eigenvalue weighted by Crippen LogP contribution is 2.25. The van der Waals surface area contributed by atoms with Gasteiger partial charge in [0.15, 0.2) is 0 Å². The second-order valence-electron chi connectivity index (χ2n) is 7.10. The van der Waals surface area contributed by atoms with Crippen LogP contribution < -0.4 is 0 Å². The molecule has 0 aromatic carbocycles. The summed E-state index contributed by atoms with van der Waals surface area (Å²) in [5.41, 5.74) is 6.71. The minimum absolute atomic E-state index is 0.673. The van der Waals surface area contributed by atoms with Crippen LogP contribution in [0.1, 0.15) is 74.7 Å². The minimum atomic E-state index is 0.673. The van der Waals surface area contributed by atoms with E-state index in [1.54, 1.807) is 0 Å². The quantitative estimate of drug-likeness (QED) is 0.412. The molecule has 1 unspecified atom stereocenters. The summed E-state index contributed by atoms with van der Waals surface area (Å²) < 4.78 is 0. The van der Waals surface area contributed by atoms with Crippen molar-refractivity contribution in [3.05, 3.63) is 46.6 Å². The minimum Gasteiger partial charge on any atom is -0.0955 e. The van der Waals surface area contributed by atoms with Crippen LogP contribution in [0.3, 0.4) is 0 Å². The molecule has 0 spiro atoms. The third kappa shape index (κ3) is 8.09. The Hall–Kier alpha value is -1.04. The number of hydrogen-bond donors (Lipinski definition) is 0. The smallest absolute Gasteiger partial charge is 0.0244 e. The molecule has 0 N–H and O–H groups in total. The molecule has 0 aliphatic rings. The normalized spacial score (nSPS) is 14.3. The van der Waals surface area contributed by atoms with E-state index in [0.717, 1.165) is 17.9 Å². The van der Waals surface area contributed by atoms with Crippen molar-refractivity contribution in [2.45, 2.75) is 74.7 Å². The fraction of sp³-hybridized carbons (Fsp3) is 0.619. The summed E-state index contributed by atoms with van der Waals surface area (Å²) >= 11 is 0. The highest BCUT2D eigenvalue weighted by Gasteiger charge is 2.07. The van der Waals surface area contributed by atoms with Gasteiger partial charge in [0.05, 0.1) is 0 Å². The summed E-state index contributed by atoms with van der Waals surface area (Å²) in [5.74, 6) is 1.44. The van der Waals surface area contributed by atoms with Crippen LogP contribution in [0.2, 0.25) is 0 Å². The average molecular weight is 289 g/mol. The van der Waals surface area contributed by atoms with Crippen LogP contribution in [0.15, 0.2) is 46.6 Å². The van der Waals surface area contributed by atoms with Crippen molar-refractivity contribution in [1.29, 1.82) is 0 Å². The zero-order valence-electron chi connectivity index (χ0n) is 15.6. The van der Waals surface area contributed by atoms with Gasteiger partial charge in [-0.2, -0.15) is 0 Å². The molecule has 0 bridgehead atoms. The molecule has 1 atom stereocenters. The molecule has 0 saturated carbocycles. The molecule has 0 aromatic heterocycles. The maximum absolute atomic E-state index is 4.13. The second-order valence-corrected chi connectivity index (χ2v) is 7.10. The van der Waals surface area contributed by atoms with Crippen LogP contribution in [0, 0.1) is 11.8 Å². The molecule has 0 rings (SSSR count). The topological polar surface area (TPSA) is 0 Å². The van der Waals surface area contributed by atoms with E-state index in [9.17, 15) is 0 Å². The second kappa shape index (κ2) is 9.82. The number of rotatable bonds is 8. The van der Waals surface area contributed by atoms with Gasteiger partial charge in [0.2, 0.25) is 0 Å². The molecule has 0 aromatic rings. The molecular formula is C21H36. The van der Waals surface area contributed by atoms with Gasteiger partial charge >= 0.3 is 0 Å². The van der Waals surface area contributed by atoms with E-state index in [4.69, 9.17) is 0 Å². The summed E-state index contributed by atoms with van der Waals surface area (Å²) in [6.45, 7) is 22.0. The molecule has 120 valence electrons. The van der Waals surface area contributed by atoms with Crippen molar-refractivity contribution in [3.63, 3.8) is 0 Å². The van der Waals surface area contributed by atoms with Gasteiger partial charge in [0.1, 0.15) is 0 Å². The summed E-state index contributed by atoms with van der Waals surface area (Å²) in [6.07, 6.45) is 8.34. The van der Waals surface area contributed by atoms with Gasteiger partial charge in [-0.05, 0) is 63.5 Å². The standard InChI is InChI=1S/C21H36/c1-10-18(8)11-12-19(9)20(13-15(2)3)14-21(16(4)5)17(6)7/h12,14-15,18H,4,10-11,13H2,1-3,5-9H3/b19-12+,20-14+. The van der Waals surface area contributed by atoms with Gasteiger partial charge in [-0.1, -0.05) is 69.6 Å². The third-order valence-corrected chi connectivity index (χ3v) is 3.98. The zero-order chi connectivity index (χ0) is 16.6. The highest BCUT2D eigenvalue weighted by atomic mass is 14.1. The molecule has 0 amide bonds. The van der Waals surface area contributed by atoms with Gasteiger partial charge in [-0.25, -0.2) is 0 Å².